The summed E-state index contributed by atoms with van der Waals surface area (Å²) < 4.78 is 28.2. The van der Waals surface area contributed by atoms with Crippen LogP contribution < -0.4 is 0 Å². The lowest BCUT2D eigenvalue weighted by Crippen LogP contribution is -2.34. The summed E-state index contributed by atoms with van der Waals surface area (Å²) >= 11 is 6.66. The fourth-order valence-electron chi connectivity index (χ4n) is 1.70. The van der Waals surface area contributed by atoms with Crippen molar-refractivity contribution in [3.63, 3.8) is 0 Å². The van der Waals surface area contributed by atoms with Gasteiger partial charge in [0.15, 0.2) is 0 Å². The number of sulfonamides is 1. The third-order valence-electron chi connectivity index (χ3n) is 3.08. The molecule has 19 heavy (non-hydrogen) atoms. The number of hydrogen-bond donors (Lipinski definition) is 0. The van der Waals surface area contributed by atoms with E-state index in [0.717, 1.165) is 10.9 Å². The van der Waals surface area contributed by atoms with Gasteiger partial charge in [0.25, 0.3) is 0 Å². The molecule has 1 unspecified atom stereocenters. The Morgan fingerprint density at radius 3 is 2.37 bits per heavy atom. The Morgan fingerprint density at radius 1 is 1.26 bits per heavy atom. The molecule has 0 aliphatic rings. The fourth-order valence-corrected chi connectivity index (χ4v) is 4.97. The van der Waals surface area contributed by atoms with Gasteiger partial charge in [-0.1, -0.05) is 43.1 Å². The van der Waals surface area contributed by atoms with E-state index in [1.807, 2.05) is 6.92 Å². The molecule has 1 aromatic rings. The molecule has 0 radical (unpaired) electrons. The van der Waals surface area contributed by atoms with Gasteiger partial charge in [-0.25, -0.2) is 8.42 Å². The summed E-state index contributed by atoms with van der Waals surface area (Å²) in [5.74, 6) is 0.351. The molecular weight excluding hydrogens is 394 g/mol. The molecule has 0 heterocycles. The molecule has 1 aromatic carbocycles. The predicted octanol–water partition coefficient (Wildman–Crippen LogP) is 4.27. The Kier molecular flexibility index (Phi) is 6.50. The van der Waals surface area contributed by atoms with Gasteiger partial charge in [0, 0.05) is 22.0 Å². The van der Waals surface area contributed by atoms with Crippen molar-refractivity contribution in [3.05, 3.63) is 27.1 Å². The maximum atomic E-state index is 12.6. The molecule has 6 heteroatoms. The quantitative estimate of drug-likeness (QED) is 0.699. The Bertz CT molecular complexity index is 531. The molecule has 1 rings (SSSR count). The minimum atomic E-state index is -3.44. The number of hydrogen-bond acceptors (Lipinski definition) is 2. The smallest absolute Gasteiger partial charge is 0.207 e. The zero-order valence-electron chi connectivity index (χ0n) is 11.4. The second kappa shape index (κ2) is 7.20. The molecule has 0 saturated heterocycles. The fraction of sp³-hybridized carbons (Fsp3) is 0.538. The largest absolute Gasteiger partial charge is 0.244 e. The lowest BCUT2D eigenvalue weighted by Gasteiger charge is -2.24. The molecule has 0 fully saturated rings. The maximum Gasteiger partial charge on any atom is 0.244 e. The van der Waals surface area contributed by atoms with E-state index >= 15 is 0 Å². The molecule has 0 saturated carbocycles. The van der Waals surface area contributed by atoms with E-state index in [0.29, 0.717) is 28.4 Å². The van der Waals surface area contributed by atoms with E-state index in [1.165, 1.54) is 4.31 Å². The van der Waals surface area contributed by atoms with Gasteiger partial charge in [-0.05, 0) is 40.0 Å². The van der Waals surface area contributed by atoms with Crippen molar-refractivity contribution in [3.8, 4) is 0 Å². The number of rotatable bonds is 6. The van der Waals surface area contributed by atoms with E-state index in [-0.39, 0.29) is 0 Å². The van der Waals surface area contributed by atoms with Crippen molar-refractivity contribution >= 4 is 41.9 Å². The Morgan fingerprint density at radius 2 is 1.89 bits per heavy atom. The van der Waals surface area contributed by atoms with E-state index in [2.05, 4.69) is 45.7 Å². The van der Waals surface area contributed by atoms with Gasteiger partial charge >= 0.3 is 0 Å². The first kappa shape index (κ1) is 17.1. The molecule has 0 aliphatic carbocycles. The monoisotopic (exact) mass is 411 g/mol. The SMILES string of the molecule is CCC(C)CN(CC)S(=O)(=O)c1ccc(Br)cc1Br. The van der Waals surface area contributed by atoms with Crippen LogP contribution in [0.2, 0.25) is 0 Å². The second-order valence-electron chi connectivity index (χ2n) is 4.54. The number of nitrogens with zero attached hydrogens (tertiary/aromatic N) is 1. The Balaban J connectivity index is 3.13. The van der Waals surface area contributed by atoms with Crippen LogP contribution in [-0.4, -0.2) is 25.8 Å². The highest BCUT2D eigenvalue weighted by Gasteiger charge is 2.26. The zero-order valence-corrected chi connectivity index (χ0v) is 15.3. The average Bonchev–Trinajstić information content (AvgIpc) is 2.34. The first-order valence-corrected chi connectivity index (χ1v) is 9.30. The van der Waals surface area contributed by atoms with Crippen LogP contribution in [0.25, 0.3) is 0 Å². The molecule has 0 bridgehead atoms. The van der Waals surface area contributed by atoms with Crippen LogP contribution in [0.5, 0.6) is 0 Å². The first-order chi connectivity index (χ1) is 8.82. The van der Waals surface area contributed by atoms with Crippen LogP contribution >= 0.6 is 31.9 Å². The molecule has 1 atom stereocenters. The number of halogens is 2. The molecule has 3 nitrogen and oxygen atoms in total. The van der Waals surface area contributed by atoms with Crippen molar-refractivity contribution < 1.29 is 8.42 Å². The zero-order chi connectivity index (χ0) is 14.6. The van der Waals surface area contributed by atoms with Gasteiger partial charge in [0.05, 0.1) is 4.90 Å². The summed E-state index contributed by atoms with van der Waals surface area (Å²) in [6.07, 6.45) is 0.966. The van der Waals surface area contributed by atoms with Gasteiger partial charge in [0.1, 0.15) is 0 Å². The Labute approximate surface area is 132 Å². The van der Waals surface area contributed by atoms with Crippen molar-refractivity contribution in [2.75, 3.05) is 13.1 Å². The average molecular weight is 413 g/mol. The van der Waals surface area contributed by atoms with Gasteiger partial charge in [0.2, 0.25) is 10.0 Å². The molecule has 108 valence electrons. The predicted molar refractivity (Wildman–Crippen MR) is 85.7 cm³/mol. The molecule has 0 N–H and O–H groups in total. The maximum absolute atomic E-state index is 12.6. The van der Waals surface area contributed by atoms with Gasteiger partial charge < -0.3 is 0 Å². The normalized spacial score (nSPS) is 13.8. The second-order valence-corrected chi connectivity index (χ2v) is 8.22. The lowest BCUT2D eigenvalue weighted by atomic mass is 10.1. The summed E-state index contributed by atoms with van der Waals surface area (Å²) in [4.78, 5) is 0.320. The summed E-state index contributed by atoms with van der Waals surface area (Å²) in [7, 11) is -3.44. The van der Waals surface area contributed by atoms with Crippen molar-refractivity contribution in [2.45, 2.75) is 32.1 Å². The van der Waals surface area contributed by atoms with Gasteiger partial charge in [-0.2, -0.15) is 4.31 Å². The summed E-state index contributed by atoms with van der Waals surface area (Å²) in [5.41, 5.74) is 0. The van der Waals surface area contributed by atoms with E-state index in [4.69, 9.17) is 0 Å². The van der Waals surface area contributed by atoms with Crippen LogP contribution in [-0.2, 0) is 10.0 Å². The van der Waals surface area contributed by atoms with Crippen molar-refractivity contribution in [1.82, 2.24) is 4.31 Å². The van der Waals surface area contributed by atoms with Crippen LogP contribution in [0.15, 0.2) is 32.0 Å². The van der Waals surface area contributed by atoms with Crippen molar-refractivity contribution in [1.29, 1.82) is 0 Å². The minimum absolute atomic E-state index is 0.320. The van der Waals surface area contributed by atoms with E-state index in [9.17, 15) is 8.42 Å². The summed E-state index contributed by atoms with van der Waals surface area (Å²) in [6, 6.07) is 5.13. The van der Waals surface area contributed by atoms with Gasteiger partial charge in [-0.15, -0.1) is 0 Å². The summed E-state index contributed by atoms with van der Waals surface area (Å²) in [5, 5.41) is 0. The highest BCUT2D eigenvalue weighted by Crippen LogP contribution is 2.28. The van der Waals surface area contributed by atoms with Crippen molar-refractivity contribution in [2.24, 2.45) is 5.92 Å². The third-order valence-corrected chi connectivity index (χ3v) is 6.49. The van der Waals surface area contributed by atoms with Crippen LogP contribution in [0.1, 0.15) is 27.2 Å². The molecule has 0 aliphatic heterocycles. The molecule has 0 amide bonds. The number of benzene rings is 1. The molecule has 0 aromatic heterocycles. The molecular formula is C13H19Br2NO2S. The third kappa shape index (κ3) is 4.28. The van der Waals surface area contributed by atoms with Crippen LogP contribution in [0.3, 0.4) is 0 Å². The standard InChI is InChI=1S/C13H19Br2NO2S/c1-4-10(3)9-16(5-2)19(17,18)13-7-6-11(14)8-12(13)15/h6-8,10H,4-5,9H2,1-3H3. The minimum Gasteiger partial charge on any atom is -0.207 e. The van der Waals surface area contributed by atoms with Crippen LogP contribution in [0.4, 0.5) is 0 Å². The van der Waals surface area contributed by atoms with E-state index < -0.39 is 10.0 Å². The Hall–Kier alpha value is 0.0900. The molecule has 0 spiro atoms. The van der Waals surface area contributed by atoms with Crippen LogP contribution in [0, 0.1) is 5.92 Å². The lowest BCUT2D eigenvalue weighted by molar-refractivity contribution is 0.361. The highest BCUT2D eigenvalue weighted by atomic mass is 79.9. The van der Waals surface area contributed by atoms with E-state index in [1.54, 1.807) is 18.2 Å². The topological polar surface area (TPSA) is 37.4 Å². The van der Waals surface area contributed by atoms with Gasteiger partial charge in [-0.3, -0.25) is 0 Å². The summed E-state index contributed by atoms with van der Waals surface area (Å²) in [6.45, 7) is 7.04. The first-order valence-electron chi connectivity index (χ1n) is 6.28. The highest BCUT2D eigenvalue weighted by molar-refractivity contribution is 9.11.